The van der Waals surface area contributed by atoms with E-state index in [0.717, 1.165) is 18.5 Å². The van der Waals surface area contributed by atoms with E-state index < -0.39 is 0 Å². The average Bonchev–Trinajstić information content (AvgIpc) is 2.07. The molecule has 0 radical (unpaired) electrons. The summed E-state index contributed by atoms with van der Waals surface area (Å²) in [6.07, 6.45) is 3.29. The van der Waals surface area contributed by atoms with Crippen LogP contribution >= 0.6 is 0 Å². The molecule has 1 aliphatic carbocycles. The molecule has 1 atom stereocenters. The predicted molar refractivity (Wildman–Crippen MR) is 48.5 cm³/mol. The number of nitrogens with two attached hydrogens (primary N) is 2. The molecule has 4 N–H and O–H groups in total. The van der Waals surface area contributed by atoms with Gasteiger partial charge in [0.2, 0.25) is 0 Å². The first-order valence-corrected chi connectivity index (χ1v) is 4.28. The van der Waals surface area contributed by atoms with Gasteiger partial charge in [0.05, 0.1) is 5.69 Å². The Morgan fingerprint density at radius 3 is 3.08 bits per heavy atom. The van der Waals surface area contributed by atoms with E-state index >= 15 is 0 Å². The third kappa shape index (κ3) is 1.16. The molecule has 0 aliphatic heterocycles. The van der Waals surface area contributed by atoms with Gasteiger partial charge in [0.1, 0.15) is 5.82 Å². The molecule has 64 valence electrons. The number of nitrogen functional groups attached to an aromatic ring is 1. The van der Waals surface area contributed by atoms with Gasteiger partial charge < -0.3 is 11.5 Å². The lowest BCUT2D eigenvalue weighted by molar-refractivity contribution is 0.555. The molecule has 0 bridgehead atoms. The SMILES string of the molecule is Nc1ccc2c(n1)C(N)CCC2. The maximum atomic E-state index is 5.90. The van der Waals surface area contributed by atoms with E-state index in [0.29, 0.717) is 5.82 Å². The van der Waals surface area contributed by atoms with Crippen LogP contribution in [0.2, 0.25) is 0 Å². The van der Waals surface area contributed by atoms with Crippen LogP contribution in [0.1, 0.15) is 30.1 Å². The minimum Gasteiger partial charge on any atom is -0.384 e. The molecular formula is C9H13N3. The first kappa shape index (κ1) is 7.55. The second kappa shape index (κ2) is 2.75. The molecule has 0 fully saturated rings. The van der Waals surface area contributed by atoms with Gasteiger partial charge in [-0.15, -0.1) is 0 Å². The zero-order valence-electron chi connectivity index (χ0n) is 6.96. The largest absolute Gasteiger partial charge is 0.384 e. The number of anilines is 1. The van der Waals surface area contributed by atoms with Crippen LogP contribution in [-0.4, -0.2) is 4.98 Å². The van der Waals surface area contributed by atoms with Crippen molar-refractivity contribution in [3.05, 3.63) is 23.4 Å². The van der Waals surface area contributed by atoms with Gasteiger partial charge in [-0.05, 0) is 30.9 Å². The topological polar surface area (TPSA) is 64.9 Å². The van der Waals surface area contributed by atoms with E-state index in [1.165, 1.54) is 12.0 Å². The Hall–Kier alpha value is -1.09. The predicted octanol–water partition coefficient (Wildman–Crippen LogP) is 1.000. The fourth-order valence-corrected chi connectivity index (χ4v) is 1.70. The normalized spacial score (nSPS) is 21.9. The van der Waals surface area contributed by atoms with Crippen LogP contribution in [0.3, 0.4) is 0 Å². The number of pyridine rings is 1. The number of aryl methyl sites for hydroxylation is 1. The Kier molecular flexibility index (Phi) is 1.73. The van der Waals surface area contributed by atoms with Gasteiger partial charge in [-0.3, -0.25) is 0 Å². The summed E-state index contributed by atoms with van der Waals surface area (Å²) in [6.45, 7) is 0. The van der Waals surface area contributed by atoms with Crippen molar-refractivity contribution in [3.8, 4) is 0 Å². The molecule has 3 nitrogen and oxygen atoms in total. The van der Waals surface area contributed by atoms with Gasteiger partial charge in [-0.2, -0.15) is 0 Å². The molecule has 0 amide bonds. The van der Waals surface area contributed by atoms with Crippen LogP contribution in [0.4, 0.5) is 5.82 Å². The van der Waals surface area contributed by atoms with Crippen molar-refractivity contribution in [3.63, 3.8) is 0 Å². The fraction of sp³-hybridized carbons (Fsp3) is 0.444. The monoisotopic (exact) mass is 163 g/mol. The van der Waals surface area contributed by atoms with Crippen molar-refractivity contribution in [2.75, 3.05) is 5.73 Å². The summed E-state index contributed by atoms with van der Waals surface area (Å²) in [7, 11) is 0. The molecule has 1 unspecified atom stereocenters. The molecule has 1 aliphatic rings. The van der Waals surface area contributed by atoms with Gasteiger partial charge in [-0.25, -0.2) is 4.98 Å². The maximum absolute atomic E-state index is 5.90. The standard InChI is InChI=1S/C9H13N3/c10-7-3-1-2-6-4-5-8(11)12-9(6)7/h4-5,7H,1-3,10H2,(H2,11,12). The van der Waals surface area contributed by atoms with E-state index in [-0.39, 0.29) is 6.04 Å². The summed E-state index contributed by atoms with van der Waals surface area (Å²) in [6, 6.07) is 3.98. The van der Waals surface area contributed by atoms with Gasteiger partial charge in [0, 0.05) is 6.04 Å². The number of hydrogen-bond donors (Lipinski definition) is 2. The average molecular weight is 163 g/mol. The molecule has 0 saturated carbocycles. The molecule has 1 aromatic rings. The van der Waals surface area contributed by atoms with Crippen molar-refractivity contribution in [2.45, 2.75) is 25.3 Å². The molecule has 0 spiro atoms. The van der Waals surface area contributed by atoms with Gasteiger partial charge in [0.15, 0.2) is 0 Å². The second-order valence-electron chi connectivity index (χ2n) is 3.28. The molecule has 0 saturated heterocycles. The number of rotatable bonds is 0. The van der Waals surface area contributed by atoms with Crippen molar-refractivity contribution >= 4 is 5.82 Å². The third-order valence-electron chi connectivity index (χ3n) is 2.35. The van der Waals surface area contributed by atoms with E-state index in [2.05, 4.69) is 4.98 Å². The highest BCUT2D eigenvalue weighted by molar-refractivity contribution is 5.36. The highest BCUT2D eigenvalue weighted by Gasteiger charge is 2.17. The molecule has 12 heavy (non-hydrogen) atoms. The van der Waals surface area contributed by atoms with Crippen LogP contribution in [0.5, 0.6) is 0 Å². The Morgan fingerprint density at radius 2 is 2.25 bits per heavy atom. The van der Waals surface area contributed by atoms with Gasteiger partial charge >= 0.3 is 0 Å². The van der Waals surface area contributed by atoms with Crippen LogP contribution < -0.4 is 11.5 Å². The van der Waals surface area contributed by atoms with Crippen molar-refractivity contribution in [1.29, 1.82) is 0 Å². The molecular weight excluding hydrogens is 150 g/mol. The van der Waals surface area contributed by atoms with Crippen LogP contribution in [0.15, 0.2) is 12.1 Å². The lowest BCUT2D eigenvalue weighted by Gasteiger charge is -2.20. The molecule has 2 rings (SSSR count). The van der Waals surface area contributed by atoms with Gasteiger partial charge in [-0.1, -0.05) is 6.07 Å². The number of aromatic nitrogens is 1. The zero-order chi connectivity index (χ0) is 8.55. The van der Waals surface area contributed by atoms with E-state index in [1.54, 1.807) is 0 Å². The summed E-state index contributed by atoms with van der Waals surface area (Å²) in [4.78, 5) is 4.25. The second-order valence-corrected chi connectivity index (χ2v) is 3.28. The summed E-state index contributed by atoms with van der Waals surface area (Å²) >= 11 is 0. The third-order valence-corrected chi connectivity index (χ3v) is 2.35. The van der Waals surface area contributed by atoms with Crippen molar-refractivity contribution in [2.24, 2.45) is 5.73 Å². The summed E-state index contributed by atoms with van der Waals surface area (Å²) < 4.78 is 0. The van der Waals surface area contributed by atoms with E-state index in [9.17, 15) is 0 Å². The lowest BCUT2D eigenvalue weighted by Crippen LogP contribution is -2.19. The quantitative estimate of drug-likeness (QED) is 0.599. The Bertz CT molecular complexity index is 296. The van der Waals surface area contributed by atoms with Crippen molar-refractivity contribution < 1.29 is 0 Å². The van der Waals surface area contributed by atoms with Crippen LogP contribution in [0, 0.1) is 0 Å². The highest BCUT2D eigenvalue weighted by atomic mass is 14.9. The Balaban J connectivity index is 2.47. The molecule has 1 heterocycles. The zero-order valence-corrected chi connectivity index (χ0v) is 6.96. The summed E-state index contributed by atoms with van der Waals surface area (Å²) in [5.41, 5.74) is 13.7. The van der Waals surface area contributed by atoms with E-state index in [4.69, 9.17) is 11.5 Å². The lowest BCUT2D eigenvalue weighted by atomic mass is 9.92. The van der Waals surface area contributed by atoms with Crippen LogP contribution in [0.25, 0.3) is 0 Å². The summed E-state index contributed by atoms with van der Waals surface area (Å²) in [5.74, 6) is 0.575. The maximum Gasteiger partial charge on any atom is 0.123 e. The molecule has 1 aromatic heterocycles. The smallest absolute Gasteiger partial charge is 0.123 e. The summed E-state index contributed by atoms with van der Waals surface area (Å²) in [5, 5.41) is 0. The van der Waals surface area contributed by atoms with Crippen LogP contribution in [-0.2, 0) is 6.42 Å². The molecule has 0 aromatic carbocycles. The first-order chi connectivity index (χ1) is 5.77. The van der Waals surface area contributed by atoms with Crippen molar-refractivity contribution in [1.82, 2.24) is 4.98 Å². The minimum absolute atomic E-state index is 0.0947. The fourth-order valence-electron chi connectivity index (χ4n) is 1.70. The first-order valence-electron chi connectivity index (χ1n) is 4.28. The Labute approximate surface area is 71.8 Å². The number of nitrogens with zero attached hydrogens (tertiary/aromatic N) is 1. The van der Waals surface area contributed by atoms with E-state index in [1.807, 2.05) is 12.1 Å². The molecule has 3 heteroatoms. The number of hydrogen-bond acceptors (Lipinski definition) is 3. The number of fused-ring (bicyclic) bond motifs is 1. The highest BCUT2D eigenvalue weighted by Crippen LogP contribution is 2.26. The Morgan fingerprint density at radius 1 is 1.42 bits per heavy atom. The van der Waals surface area contributed by atoms with Gasteiger partial charge in [0.25, 0.3) is 0 Å². The minimum atomic E-state index is 0.0947.